The van der Waals surface area contributed by atoms with Crippen LogP contribution < -0.4 is 10.2 Å². The highest BCUT2D eigenvalue weighted by Crippen LogP contribution is 2.18. The van der Waals surface area contributed by atoms with Gasteiger partial charge < -0.3 is 10.2 Å². The van der Waals surface area contributed by atoms with E-state index in [1.807, 2.05) is 24.3 Å². The third-order valence-electron chi connectivity index (χ3n) is 3.20. The maximum absolute atomic E-state index is 10.9. The Morgan fingerprint density at radius 2 is 2.09 bits per heavy atom. The number of nitro groups is 1. The summed E-state index contributed by atoms with van der Waals surface area (Å²) in [6.07, 6.45) is 1.56. The van der Waals surface area contributed by atoms with Crippen LogP contribution >= 0.6 is 0 Å². The van der Waals surface area contributed by atoms with Crippen LogP contribution in [0.3, 0.4) is 0 Å². The van der Waals surface area contributed by atoms with Gasteiger partial charge in [-0.25, -0.2) is 0 Å². The van der Waals surface area contributed by atoms with Crippen molar-refractivity contribution in [2.45, 2.75) is 13.5 Å². The van der Waals surface area contributed by atoms with Crippen LogP contribution in [0.5, 0.6) is 5.75 Å². The number of nitrogens with one attached hydrogen (secondary N) is 1. The summed E-state index contributed by atoms with van der Waals surface area (Å²) in [5, 5.41) is 15.0. The smallest absolute Gasteiger partial charge is 0.272 e. The molecule has 2 rings (SSSR count). The van der Waals surface area contributed by atoms with E-state index in [-0.39, 0.29) is 5.69 Å². The molecule has 114 valence electrons. The Kier molecular flexibility index (Phi) is 5.08. The van der Waals surface area contributed by atoms with Gasteiger partial charge in [0.1, 0.15) is 5.75 Å². The summed E-state index contributed by atoms with van der Waals surface area (Å²) < 4.78 is 5.25. The lowest BCUT2D eigenvalue weighted by Crippen LogP contribution is -2.07. The van der Waals surface area contributed by atoms with Gasteiger partial charge in [-0.3, -0.25) is 10.1 Å². The van der Waals surface area contributed by atoms with Gasteiger partial charge in [0, 0.05) is 22.8 Å². The summed E-state index contributed by atoms with van der Waals surface area (Å²) in [4.78, 5) is 10.5. The van der Waals surface area contributed by atoms with Gasteiger partial charge in [0.2, 0.25) is 0 Å². The monoisotopic (exact) mass is 299 g/mol. The van der Waals surface area contributed by atoms with Crippen LogP contribution in [0.25, 0.3) is 0 Å². The van der Waals surface area contributed by atoms with E-state index < -0.39 is 4.92 Å². The van der Waals surface area contributed by atoms with E-state index >= 15 is 0 Å². The number of aryl methyl sites for hydroxylation is 1. The SMILES string of the molecule is COc1ccccc1CN/N=C/c1ccc(C)c([N+](=O)[O-])c1. The average molecular weight is 299 g/mol. The van der Waals surface area contributed by atoms with Crippen molar-refractivity contribution in [3.63, 3.8) is 0 Å². The predicted molar refractivity (Wildman–Crippen MR) is 85.3 cm³/mol. The number of benzene rings is 2. The zero-order valence-electron chi connectivity index (χ0n) is 12.4. The molecule has 0 aliphatic carbocycles. The average Bonchev–Trinajstić information content (AvgIpc) is 2.53. The zero-order valence-corrected chi connectivity index (χ0v) is 12.4. The highest BCUT2D eigenvalue weighted by atomic mass is 16.6. The number of nitro benzene ring substituents is 1. The van der Waals surface area contributed by atoms with E-state index in [2.05, 4.69) is 10.5 Å². The first kappa shape index (κ1) is 15.5. The van der Waals surface area contributed by atoms with Crippen LogP contribution in [0.1, 0.15) is 16.7 Å². The van der Waals surface area contributed by atoms with E-state index in [4.69, 9.17) is 4.74 Å². The quantitative estimate of drug-likeness (QED) is 0.505. The highest BCUT2D eigenvalue weighted by molar-refractivity contribution is 5.80. The lowest BCUT2D eigenvalue weighted by atomic mass is 10.1. The van der Waals surface area contributed by atoms with Gasteiger partial charge in [-0.15, -0.1) is 0 Å². The highest BCUT2D eigenvalue weighted by Gasteiger charge is 2.09. The van der Waals surface area contributed by atoms with Gasteiger partial charge in [-0.05, 0) is 13.0 Å². The molecule has 2 aromatic rings. The van der Waals surface area contributed by atoms with E-state index in [0.717, 1.165) is 11.3 Å². The molecule has 0 amide bonds. The maximum atomic E-state index is 10.9. The lowest BCUT2D eigenvalue weighted by Gasteiger charge is -2.07. The number of hydrogen-bond acceptors (Lipinski definition) is 5. The Bertz CT molecular complexity index is 699. The number of para-hydroxylation sites is 1. The van der Waals surface area contributed by atoms with Gasteiger partial charge in [-0.1, -0.05) is 30.3 Å². The number of hydrazone groups is 1. The standard InChI is InChI=1S/C16H17N3O3/c1-12-7-8-13(9-15(12)19(20)21)10-17-18-11-14-5-3-4-6-16(14)22-2/h3-10,18H,11H2,1-2H3/b17-10+. The van der Waals surface area contributed by atoms with Crippen LogP contribution in [0.2, 0.25) is 0 Å². The van der Waals surface area contributed by atoms with E-state index in [1.54, 1.807) is 32.4 Å². The summed E-state index contributed by atoms with van der Waals surface area (Å²) >= 11 is 0. The molecule has 0 saturated carbocycles. The van der Waals surface area contributed by atoms with Crippen LogP contribution in [0, 0.1) is 17.0 Å². The Balaban J connectivity index is 2.01. The number of rotatable bonds is 6. The molecule has 0 saturated heterocycles. The summed E-state index contributed by atoms with van der Waals surface area (Å²) in [7, 11) is 1.62. The molecule has 0 aliphatic rings. The number of hydrogen-bond donors (Lipinski definition) is 1. The van der Waals surface area contributed by atoms with Crippen molar-refractivity contribution in [2.75, 3.05) is 7.11 Å². The van der Waals surface area contributed by atoms with Crippen molar-refractivity contribution >= 4 is 11.9 Å². The first-order chi connectivity index (χ1) is 10.6. The molecule has 6 heteroatoms. The number of ether oxygens (including phenoxy) is 1. The molecular formula is C16H17N3O3. The molecule has 0 unspecified atom stereocenters. The van der Waals surface area contributed by atoms with Gasteiger partial charge in [0.05, 0.1) is 24.8 Å². The second-order valence-corrected chi connectivity index (χ2v) is 4.71. The molecule has 0 fully saturated rings. The first-order valence-corrected chi connectivity index (χ1v) is 6.74. The van der Waals surface area contributed by atoms with Crippen molar-refractivity contribution < 1.29 is 9.66 Å². The van der Waals surface area contributed by atoms with E-state index in [0.29, 0.717) is 17.7 Å². The molecular weight excluding hydrogens is 282 g/mol. The molecule has 6 nitrogen and oxygen atoms in total. The molecule has 2 aromatic carbocycles. The predicted octanol–water partition coefficient (Wildman–Crippen LogP) is 3.04. The minimum atomic E-state index is -0.394. The van der Waals surface area contributed by atoms with Crippen LogP contribution in [-0.4, -0.2) is 18.2 Å². The Hall–Kier alpha value is -2.89. The molecule has 0 radical (unpaired) electrons. The molecule has 0 aromatic heterocycles. The van der Waals surface area contributed by atoms with Crippen LogP contribution in [-0.2, 0) is 6.54 Å². The Morgan fingerprint density at radius 3 is 2.82 bits per heavy atom. The Morgan fingerprint density at radius 1 is 1.32 bits per heavy atom. The summed E-state index contributed by atoms with van der Waals surface area (Å²) in [6.45, 7) is 2.22. The van der Waals surface area contributed by atoms with Crippen molar-refractivity contribution in [2.24, 2.45) is 5.10 Å². The van der Waals surface area contributed by atoms with Crippen molar-refractivity contribution in [3.8, 4) is 5.75 Å². The fourth-order valence-electron chi connectivity index (χ4n) is 2.00. The zero-order chi connectivity index (χ0) is 15.9. The molecule has 0 aliphatic heterocycles. The molecule has 0 heterocycles. The minimum absolute atomic E-state index is 0.0914. The van der Waals surface area contributed by atoms with Gasteiger partial charge in [0.25, 0.3) is 5.69 Å². The summed E-state index contributed by atoms with van der Waals surface area (Å²) in [5.74, 6) is 0.788. The first-order valence-electron chi connectivity index (χ1n) is 6.74. The largest absolute Gasteiger partial charge is 0.496 e. The number of nitrogens with zero attached hydrogens (tertiary/aromatic N) is 2. The van der Waals surface area contributed by atoms with Crippen molar-refractivity contribution in [3.05, 3.63) is 69.3 Å². The van der Waals surface area contributed by atoms with Gasteiger partial charge in [0.15, 0.2) is 0 Å². The second kappa shape index (κ2) is 7.21. The summed E-state index contributed by atoms with van der Waals surface area (Å²) in [5.41, 5.74) is 5.28. The number of methoxy groups -OCH3 is 1. The van der Waals surface area contributed by atoms with E-state index in [1.165, 1.54) is 6.07 Å². The van der Waals surface area contributed by atoms with Crippen LogP contribution in [0.4, 0.5) is 5.69 Å². The van der Waals surface area contributed by atoms with Crippen LogP contribution in [0.15, 0.2) is 47.6 Å². The third kappa shape index (κ3) is 3.82. The molecule has 0 spiro atoms. The third-order valence-corrected chi connectivity index (χ3v) is 3.20. The fourth-order valence-corrected chi connectivity index (χ4v) is 2.00. The molecule has 1 N–H and O–H groups in total. The maximum Gasteiger partial charge on any atom is 0.272 e. The Labute approximate surface area is 128 Å². The van der Waals surface area contributed by atoms with E-state index in [9.17, 15) is 10.1 Å². The summed E-state index contributed by atoms with van der Waals surface area (Å²) in [6, 6.07) is 12.6. The molecule has 0 bridgehead atoms. The van der Waals surface area contributed by atoms with Crippen molar-refractivity contribution in [1.29, 1.82) is 0 Å². The fraction of sp³-hybridized carbons (Fsp3) is 0.188. The normalized spacial score (nSPS) is 10.6. The molecule has 22 heavy (non-hydrogen) atoms. The van der Waals surface area contributed by atoms with Crippen molar-refractivity contribution in [1.82, 2.24) is 5.43 Å². The molecule has 0 atom stereocenters. The van der Waals surface area contributed by atoms with Gasteiger partial charge >= 0.3 is 0 Å². The second-order valence-electron chi connectivity index (χ2n) is 4.71. The minimum Gasteiger partial charge on any atom is -0.496 e. The topological polar surface area (TPSA) is 76.8 Å². The lowest BCUT2D eigenvalue weighted by molar-refractivity contribution is -0.385. The van der Waals surface area contributed by atoms with Gasteiger partial charge in [-0.2, -0.15) is 5.10 Å².